The molecule has 0 aliphatic rings. The number of benzene rings is 2. The maximum atomic E-state index is 11.9. The Labute approximate surface area is 182 Å². The Morgan fingerprint density at radius 2 is 1.90 bits per heavy atom. The van der Waals surface area contributed by atoms with Gasteiger partial charge in [0.2, 0.25) is 5.91 Å². The van der Waals surface area contributed by atoms with Gasteiger partial charge in [-0.25, -0.2) is 4.98 Å². The molecule has 2 aromatic carbocycles. The van der Waals surface area contributed by atoms with Crippen LogP contribution in [0.15, 0.2) is 48.6 Å². The molecule has 0 radical (unpaired) electrons. The summed E-state index contributed by atoms with van der Waals surface area (Å²) in [5, 5.41) is 3.67. The molecule has 1 N–H and O–H groups in total. The molecule has 0 fully saturated rings. The fraction of sp³-hybridized carbons (Fsp3) is 0.333. The van der Waals surface area contributed by atoms with Gasteiger partial charge in [-0.3, -0.25) is 4.79 Å². The minimum atomic E-state index is -0.157. The highest BCUT2D eigenvalue weighted by Crippen LogP contribution is 2.26. The van der Waals surface area contributed by atoms with Crippen LogP contribution < -0.4 is 10.1 Å². The number of fused-ring (bicyclic) bond motifs is 1. The van der Waals surface area contributed by atoms with Crippen LogP contribution in [0.25, 0.3) is 11.0 Å². The molecule has 5 nitrogen and oxygen atoms in total. The van der Waals surface area contributed by atoms with Crippen molar-refractivity contribution in [1.82, 2.24) is 14.9 Å². The quantitative estimate of drug-likeness (QED) is 0.371. The predicted molar refractivity (Wildman–Crippen MR) is 122 cm³/mol. The van der Waals surface area contributed by atoms with Gasteiger partial charge in [-0.05, 0) is 69.0 Å². The number of nitrogens with one attached hydrogen (secondary N) is 1. The lowest BCUT2D eigenvalue weighted by Gasteiger charge is -2.12. The monoisotopic (exact) mass is 425 g/mol. The maximum Gasteiger partial charge on any atom is 0.246 e. The van der Waals surface area contributed by atoms with Crippen molar-refractivity contribution < 1.29 is 9.53 Å². The Kier molecular flexibility index (Phi) is 7.16. The van der Waals surface area contributed by atoms with Crippen molar-refractivity contribution >= 4 is 28.5 Å². The molecule has 158 valence electrons. The van der Waals surface area contributed by atoms with Gasteiger partial charge in [0.25, 0.3) is 0 Å². The molecule has 0 aliphatic heterocycles. The number of carbonyl (C=O) groups excluding carboxylic acids is 1. The molecule has 30 heavy (non-hydrogen) atoms. The number of para-hydroxylation sites is 2. The molecule has 6 heteroatoms. The van der Waals surface area contributed by atoms with Crippen LogP contribution in [0.4, 0.5) is 0 Å². The lowest BCUT2D eigenvalue weighted by molar-refractivity contribution is -0.117. The molecule has 1 aromatic heterocycles. The van der Waals surface area contributed by atoms with Gasteiger partial charge in [-0.2, -0.15) is 0 Å². The first-order valence-corrected chi connectivity index (χ1v) is 10.5. The lowest BCUT2D eigenvalue weighted by Crippen LogP contribution is -2.25. The zero-order valence-corrected chi connectivity index (χ0v) is 18.6. The van der Waals surface area contributed by atoms with E-state index in [-0.39, 0.29) is 5.91 Å². The molecule has 0 saturated carbocycles. The second kappa shape index (κ2) is 9.81. The predicted octanol–water partition coefficient (Wildman–Crippen LogP) is 5.36. The van der Waals surface area contributed by atoms with Crippen LogP contribution in [0.1, 0.15) is 36.7 Å². The SMILES string of the molecule is C=C(C)C(=O)NCc1nc2ccccc2n1CCCCOc1cc(C)c(Cl)c(C)c1. The Balaban J connectivity index is 1.60. The zero-order chi connectivity index (χ0) is 21.7. The van der Waals surface area contributed by atoms with Gasteiger partial charge in [-0.15, -0.1) is 0 Å². The minimum Gasteiger partial charge on any atom is -0.494 e. The number of hydrogen-bond acceptors (Lipinski definition) is 3. The highest BCUT2D eigenvalue weighted by Gasteiger charge is 2.12. The average molecular weight is 426 g/mol. The minimum absolute atomic E-state index is 0.157. The molecule has 0 bridgehead atoms. The molecular weight excluding hydrogens is 398 g/mol. The number of carbonyl (C=O) groups is 1. The van der Waals surface area contributed by atoms with E-state index in [0.29, 0.717) is 18.7 Å². The first-order valence-electron chi connectivity index (χ1n) is 10.1. The van der Waals surface area contributed by atoms with Crippen LogP contribution in [-0.2, 0) is 17.9 Å². The third kappa shape index (κ3) is 5.22. The third-order valence-electron chi connectivity index (χ3n) is 4.98. The molecule has 3 rings (SSSR count). The van der Waals surface area contributed by atoms with E-state index in [4.69, 9.17) is 21.3 Å². The van der Waals surface area contributed by atoms with Crippen molar-refractivity contribution in [1.29, 1.82) is 0 Å². The standard InChI is InChI=1S/C24H28ClN3O2/c1-16(2)24(29)26-15-22-27-20-9-5-6-10-21(20)28(22)11-7-8-12-30-19-13-17(3)23(25)18(4)14-19/h5-6,9-10,13-14H,1,7-8,11-12,15H2,2-4H3,(H,26,29). The van der Waals surface area contributed by atoms with Crippen LogP contribution in [0.5, 0.6) is 5.75 Å². The van der Waals surface area contributed by atoms with E-state index in [9.17, 15) is 4.79 Å². The number of halogens is 1. The number of ether oxygens (including phenoxy) is 1. The molecule has 0 spiro atoms. The summed E-state index contributed by atoms with van der Waals surface area (Å²) in [6.07, 6.45) is 1.85. The summed E-state index contributed by atoms with van der Waals surface area (Å²) in [4.78, 5) is 16.6. The number of unbranched alkanes of at least 4 members (excludes halogenated alkanes) is 1. The Hall–Kier alpha value is -2.79. The molecule has 1 amide bonds. The lowest BCUT2D eigenvalue weighted by atomic mass is 10.1. The first kappa shape index (κ1) is 21.9. The second-order valence-electron chi connectivity index (χ2n) is 7.56. The molecule has 0 atom stereocenters. The maximum absolute atomic E-state index is 11.9. The van der Waals surface area contributed by atoms with Gasteiger partial charge in [0, 0.05) is 17.1 Å². The highest BCUT2D eigenvalue weighted by atomic mass is 35.5. The number of amides is 1. The van der Waals surface area contributed by atoms with E-state index in [1.54, 1.807) is 6.92 Å². The summed E-state index contributed by atoms with van der Waals surface area (Å²) in [5.41, 5.74) is 4.54. The molecule has 0 saturated heterocycles. The van der Waals surface area contributed by atoms with E-state index in [1.807, 2.05) is 44.2 Å². The van der Waals surface area contributed by atoms with Crippen LogP contribution in [0, 0.1) is 13.8 Å². The molecule has 1 heterocycles. The summed E-state index contributed by atoms with van der Waals surface area (Å²) in [6.45, 7) is 11.2. The number of nitrogens with zero attached hydrogens (tertiary/aromatic N) is 2. The number of hydrogen-bond donors (Lipinski definition) is 1. The van der Waals surface area contributed by atoms with Gasteiger partial charge < -0.3 is 14.6 Å². The number of rotatable bonds is 9. The number of imidazole rings is 1. The number of aromatic nitrogens is 2. The van der Waals surface area contributed by atoms with E-state index < -0.39 is 0 Å². The van der Waals surface area contributed by atoms with Gasteiger partial charge in [0.15, 0.2) is 0 Å². The normalized spacial score (nSPS) is 10.9. The fourth-order valence-corrected chi connectivity index (χ4v) is 3.48. The first-order chi connectivity index (χ1) is 14.4. The highest BCUT2D eigenvalue weighted by molar-refractivity contribution is 6.32. The Morgan fingerprint density at radius 1 is 1.20 bits per heavy atom. The van der Waals surface area contributed by atoms with Crippen molar-refractivity contribution in [2.45, 2.75) is 46.7 Å². The van der Waals surface area contributed by atoms with Crippen molar-refractivity contribution in [3.63, 3.8) is 0 Å². The van der Waals surface area contributed by atoms with Gasteiger partial charge >= 0.3 is 0 Å². The van der Waals surface area contributed by atoms with Crippen LogP contribution in [0.2, 0.25) is 5.02 Å². The topological polar surface area (TPSA) is 56.2 Å². The average Bonchev–Trinajstić information content (AvgIpc) is 3.07. The van der Waals surface area contributed by atoms with Crippen LogP contribution >= 0.6 is 11.6 Å². The summed E-state index contributed by atoms with van der Waals surface area (Å²) in [7, 11) is 0. The Bertz CT molecular complexity index is 1050. The summed E-state index contributed by atoms with van der Waals surface area (Å²) in [6, 6.07) is 12.0. The third-order valence-corrected chi connectivity index (χ3v) is 5.58. The molecule has 0 aliphatic carbocycles. The van der Waals surface area contributed by atoms with Crippen molar-refractivity contribution in [2.24, 2.45) is 0 Å². The van der Waals surface area contributed by atoms with E-state index >= 15 is 0 Å². The van der Waals surface area contributed by atoms with Crippen LogP contribution in [-0.4, -0.2) is 22.1 Å². The van der Waals surface area contributed by atoms with E-state index in [0.717, 1.165) is 58.1 Å². The van der Waals surface area contributed by atoms with Gasteiger partial charge in [-0.1, -0.05) is 30.3 Å². The summed E-state index contributed by atoms with van der Waals surface area (Å²) >= 11 is 6.22. The summed E-state index contributed by atoms with van der Waals surface area (Å²) in [5.74, 6) is 1.54. The second-order valence-corrected chi connectivity index (χ2v) is 7.94. The molecular formula is C24H28ClN3O2. The van der Waals surface area contributed by atoms with E-state index in [2.05, 4.69) is 22.5 Å². The van der Waals surface area contributed by atoms with Gasteiger partial charge in [0.05, 0.1) is 24.2 Å². The zero-order valence-electron chi connectivity index (χ0n) is 17.8. The fourth-order valence-electron chi connectivity index (χ4n) is 3.37. The smallest absolute Gasteiger partial charge is 0.246 e. The van der Waals surface area contributed by atoms with E-state index in [1.165, 1.54) is 0 Å². The van der Waals surface area contributed by atoms with Crippen LogP contribution in [0.3, 0.4) is 0 Å². The largest absolute Gasteiger partial charge is 0.494 e. The van der Waals surface area contributed by atoms with Crippen molar-refractivity contribution in [2.75, 3.05) is 6.61 Å². The molecule has 0 unspecified atom stereocenters. The van der Waals surface area contributed by atoms with Crippen molar-refractivity contribution in [3.05, 3.63) is 70.5 Å². The Morgan fingerprint density at radius 3 is 2.60 bits per heavy atom. The number of aryl methyl sites for hydroxylation is 3. The molecule has 3 aromatic rings. The van der Waals surface area contributed by atoms with Crippen molar-refractivity contribution in [3.8, 4) is 5.75 Å². The van der Waals surface area contributed by atoms with Gasteiger partial charge in [0.1, 0.15) is 11.6 Å². The summed E-state index contributed by atoms with van der Waals surface area (Å²) < 4.78 is 8.09.